The van der Waals surface area contributed by atoms with Crippen LogP contribution in [0.3, 0.4) is 0 Å². The Morgan fingerprint density at radius 3 is 2.30 bits per heavy atom. The Hall–Kier alpha value is -3.50. The SMILES string of the molecule is COC(=O)/C=C1/N2[C@@H](C(=O)OCc3ccccc3)C(C)(C)S[C@@H]2[C@@]1(NC(=O)COc1ccccc1)OC. The van der Waals surface area contributed by atoms with Gasteiger partial charge in [-0.3, -0.25) is 4.79 Å². The minimum absolute atomic E-state index is 0.120. The maximum Gasteiger partial charge on any atom is 0.332 e. The summed E-state index contributed by atoms with van der Waals surface area (Å²) in [5.41, 5.74) is -0.205. The third kappa shape index (κ3) is 5.30. The van der Waals surface area contributed by atoms with Crippen LogP contribution in [0.25, 0.3) is 0 Å². The fourth-order valence-corrected chi connectivity index (χ4v) is 6.23. The van der Waals surface area contributed by atoms with Crippen LogP contribution in [0.1, 0.15) is 19.4 Å². The Morgan fingerprint density at radius 2 is 1.68 bits per heavy atom. The molecule has 0 radical (unpaired) electrons. The normalized spacial score (nSPS) is 24.5. The molecule has 0 aliphatic carbocycles. The minimum Gasteiger partial charge on any atom is -0.484 e. The first-order valence-electron chi connectivity index (χ1n) is 11.7. The number of esters is 2. The van der Waals surface area contributed by atoms with Gasteiger partial charge in [0.1, 0.15) is 23.8 Å². The van der Waals surface area contributed by atoms with Gasteiger partial charge in [0, 0.05) is 17.9 Å². The number of nitrogens with zero attached hydrogens (tertiary/aromatic N) is 1. The lowest BCUT2D eigenvalue weighted by Gasteiger charge is -2.56. The number of para-hydroxylation sites is 1. The fourth-order valence-electron chi connectivity index (χ4n) is 4.52. The Balaban J connectivity index is 1.56. The van der Waals surface area contributed by atoms with Crippen molar-refractivity contribution in [1.82, 2.24) is 10.2 Å². The number of nitrogens with one attached hydrogen (secondary N) is 1. The van der Waals surface area contributed by atoms with Crippen molar-refractivity contribution in [3.8, 4) is 5.75 Å². The molecule has 2 fully saturated rings. The van der Waals surface area contributed by atoms with Crippen LogP contribution in [0.2, 0.25) is 0 Å². The molecule has 0 bridgehead atoms. The number of amides is 1. The molecule has 3 atom stereocenters. The zero-order chi connectivity index (χ0) is 26.6. The predicted molar refractivity (Wildman–Crippen MR) is 137 cm³/mol. The third-order valence-corrected chi connectivity index (χ3v) is 7.89. The van der Waals surface area contributed by atoms with Crippen molar-refractivity contribution in [3.63, 3.8) is 0 Å². The van der Waals surface area contributed by atoms with Crippen molar-refractivity contribution < 1.29 is 33.3 Å². The summed E-state index contributed by atoms with van der Waals surface area (Å²) >= 11 is 1.45. The van der Waals surface area contributed by atoms with Crippen molar-refractivity contribution in [2.45, 2.75) is 42.3 Å². The lowest BCUT2D eigenvalue weighted by Crippen LogP contribution is -2.75. The molecule has 9 nitrogen and oxygen atoms in total. The van der Waals surface area contributed by atoms with E-state index in [9.17, 15) is 14.4 Å². The maximum absolute atomic E-state index is 13.3. The summed E-state index contributed by atoms with van der Waals surface area (Å²) < 4.78 is 21.3. The number of carbonyl (C=O) groups is 3. The van der Waals surface area contributed by atoms with E-state index < -0.39 is 39.7 Å². The summed E-state index contributed by atoms with van der Waals surface area (Å²) in [6.07, 6.45) is 1.23. The largest absolute Gasteiger partial charge is 0.484 e. The van der Waals surface area contributed by atoms with Gasteiger partial charge in [-0.05, 0) is 31.5 Å². The molecule has 2 aromatic carbocycles. The smallest absolute Gasteiger partial charge is 0.332 e. The van der Waals surface area contributed by atoms with E-state index in [1.54, 1.807) is 29.2 Å². The van der Waals surface area contributed by atoms with Gasteiger partial charge in [-0.1, -0.05) is 48.5 Å². The summed E-state index contributed by atoms with van der Waals surface area (Å²) in [5, 5.41) is 2.38. The number of methoxy groups -OCH3 is 2. The molecule has 2 aliphatic rings. The molecular weight excluding hydrogens is 496 g/mol. The van der Waals surface area contributed by atoms with Gasteiger partial charge in [-0.25, -0.2) is 9.59 Å². The van der Waals surface area contributed by atoms with Gasteiger partial charge in [-0.2, -0.15) is 0 Å². The number of ether oxygens (including phenoxy) is 4. The molecular formula is C27H30N2O7S. The van der Waals surface area contributed by atoms with Crippen LogP contribution in [-0.4, -0.2) is 65.5 Å². The second-order valence-electron chi connectivity index (χ2n) is 9.12. The number of carbonyl (C=O) groups excluding carboxylic acids is 3. The highest BCUT2D eigenvalue weighted by Gasteiger charge is 2.70. The average molecular weight is 527 g/mol. The van der Waals surface area contributed by atoms with Gasteiger partial charge in [0.15, 0.2) is 6.61 Å². The van der Waals surface area contributed by atoms with Crippen molar-refractivity contribution >= 4 is 29.6 Å². The Labute approximate surface area is 220 Å². The Morgan fingerprint density at radius 1 is 1.03 bits per heavy atom. The summed E-state index contributed by atoms with van der Waals surface area (Å²) in [4.78, 5) is 40.3. The van der Waals surface area contributed by atoms with Gasteiger partial charge >= 0.3 is 11.9 Å². The number of thioether (sulfide) groups is 1. The van der Waals surface area contributed by atoms with Crippen LogP contribution in [0.4, 0.5) is 0 Å². The second kappa shape index (κ2) is 10.9. The van der Waals surface area contributed by atoms with E-state index in [0.717, 1.165) is 5.56 Å². The van der Waals surface area contributed by atoms with E-state index >= 15 is 0 Å². The predicted octanol–water partition coefficient (Wildman–Crippen LogP) is 2.86. The van der Waals surface area contributed by atoms with Crippen molar-refractivity contribution in [2.24, 2.45) is 0 Å². The van der Waals surface area contributed by atoms with Crippen LogP contribution >= 0.6 is 11.8 Å². The highest BCUT2D eigenvalue weighted by atomic mass is 32.2. The first-order valence-corrected chi connectivity index (χ1v) is 12.6. The van der Waals surface area contributed by atoms with Gasteiger partial charge in [-0.15, -0.1) is 11.8 Å². The molecule has 1 amide bonds. The van der Waals surface area contributed by atoms with Gasteiger partial charge in [0.25, 0.3) is 5.91 Å². The number of fused-ring (bicyclic) bond motifs is 1. The Bertz CT molecular complexity index is 1170. The van der Waals surface area contributed by atoms with Crippen molar-refractivity contribution in [1.29, 1.82) is 0 Å². The summed E-state index contributed by atoms with van der Waals surface area (Å²) in [7, 11) is 2.69. The first-order chi connectivity index (χ1) is 17.7. The van der Waals surface area contributed by atoms with E-state index in [1.165, 1.54) is 32.1 Å². The molecule has 4 rings (SSSR count). The topological polar surface area (TPSA) is 103 Å². The average Bonchev–Trinajstić information content (AvgIpc) is 3.17. The molecule has 2 heterocycles. The second-order valence-corrected chi connectivity index (χ2v) is 10.9. The first kappa shape index (κ1) is 26.6. The van der Waals surface area contributed by atoms with Gasteiger partial charge in [0.2, 0.25) is 5.72 Å². The van der Waals surface area contributed by atoms with Crippen LogP contribution < -0.4 is 10.1 Å². The van der Waals surface area contributed by atoms with Gasteiger partial charge < -0.3 is 29.2 Å². The lowest BCUT2D eigenvalue weighted by molar-refractivity contribution is -0.167. The molecule has 0 spiro atoms. The molecule has 10 heteroatoms. The van der Waals surface area contributed by atoms with Crippen molar-refractivity contribution in [2.75, 3.05) is 20.8 Å². The molecule has 2 aromatic rings. The molecule has 2 aliphatic heterocycles. The van der Waals surface area contributed by atoms with Crippen LogP contribution in [0, 0.1) is 0 Å². The molecule has 1 N–H and O–H groups in total. The third-order valence-electron chi connectivity index (χ3n) is 6.27. The highest BCUT2D eigenvalue weighted by molar-refractivity contribution is 8.01. The van der Waals surface area contributed by atoms with E-state index in [-0.39, 0.29) is 13.2 Å². The van der Waals surface area contributed by atoms with Crippen LogP contribution in [0.5, 0.6) is 5.75 Å². The number of rotatable bonds is 9. The highest BCUT2D eigenvalue weighted by Crippen LogP contribution is 2.59. The van der Waals surface area contributed by atoms with E-state index in [1.807, 2.05) is 50.2 Å². The molecule has 37 heavy (non-hydrogen) atoms. The van der Waals surface area contributed by atoms with E-state index in [0.29, 0.717) is 11.4 Å². The van der Waals surface area contributed by atoms with E-state index in [2.05, 4.69) is 5.32 Å². The quantitative estimate of drug-likeness (QED) is 0.300. The summed E-state index contributed by atoms with van der Waals surface area (Å²) in [5.74, 6) is -0.990. The summed E-state index contributed by atoms with van der Waals surface area (Å²) in [6.45, 7) is 3.69. The zero-order valence-corrected chi connectivity index (χ0v) is 21.9. The number of hydrogen-bond donors (Lipinski definition) is 1. The van der Waals surface area contributed by atoms with E-state index in [4.69, 9.17) is 18.9 Å². The van der Waals surface area contributed by atoms with Crippen molar-refractivity contribution in [3.05, 3.63) is 78.0 Å². The summed E-state index contributed by atoms with van der Waals surface area (Å²) in [6, 6.07) is 17.6. The number of benzene rings is 2. The van der Waals surface area contributed by atoms with Crippen LogP contribution in [0.15, 0.2) is 72.4 Å². The van der Waals surface area contributed by atoms with Crippen LogP contribution in [-0.2, 0) is 35.2 Å². The zero-order valence-electron chi connectivity index (χ0n) is 21.1. The molecule has 0 unspecified atom stereocenters. The minimum atomic E-state index is -1.37. The standard InChI is InChI=1S/C27H30N2O7S/c1-26(2)23(24(32)36-16-18-11-7-5-8-12-18)29-20(15-22(31)33-3)27(34-4,25(29)37-26)28-21(30)17-35-19-13-9-6-10-14-19/h5-15,23,25H,16-17H2,1-4H3,(H,28,30)/b20-15+/t23-,25+,27-/m0/s1. The molecule has 196 valence electrons. The molecule has 0 aromatic heterocycles. The molecule has 0 saturated carbocycles. The maximum atomic E-state index is 13.3. The fraction of sp³-hybridized carbons (Fsp3) is 0.370. The van der Waals surface area contributed by atoms with Gasteiger partial charge in [0.05, 0.1) is 12.8 Å². The molecule has 2 saturated heterocycles. The number of hydrogen-bond acceptors (Lipinski definition) is 9. The lowest BCUT2D eigenvalue weighted by atomic mass is 9.90. The monoisotopic (exact) mass is 526 g/mol. The Kier molecular flexibility index (Phi) is 7.79.